The van der Waals surface area contributed by atoms with Gasteiger partial charge in [0.1, 0.15) is 0 Å². The summed E-state index contributed by atoms with van der Waals surface area (Å²) in [6.07, 6.45) is 1.73. The lowest BCUT2D eigenvalue weighted by Crippen LogP contribution is -2.31. The number of benzene rings is 1. The number of nitrogens with one attached hydrogen (secondary N) is 1. The maximum Gasteiger partial charge on any atom is 0.216 e. The van der Waals surface area contributed by atoms with Crippen molar-refractivity contribution >= 4 is 5.91 Å². The number of ether oxygens (including phenoxy) is 1. The highest BCUT2D eigenvalue weighted by atomic mass is 16.5. The van der Waals surface area contributed by atoms with Gasteiger partial charge in [-0.1, -0.05) is 6.07 Å². The fourth-order valence-corrected chi connectivity index (χ4v) is 2.68. The van der Waals surface area contributed by atoms with Gasteiger partial charge in [-0.15, -0.1) is 0 Å². The van der Waals surface area contributed by atoms with Gasteiger partial charge in [0.2, 0.25) is 5.91 Å². The molecule has 2 atom stereocenters. The molecule has 0 spiro atoms. The average molecular weight is 294 g/mol. The summed E-state index contributed by atoms with van der Waals surface area (Å²) < 4.78 is 5.93. The molecule has 2 rings (SSSR count). The fourth-order valence-electron chi connectivity index (χ4n) is 2.68. The van der Waals surface area contributed by atoms with E-state index >= 15 is 0 Å². The Morgan fingerprint density at radius 1 is 1.48 bits per heavy atom. The summed E-state index contributed by atoms with van der Waals surface area (Å²) in [6.45, 7) is 2.40. The van der Waals surface area contributed by atoms with Crippen LogP contribution in [-0.4, -0.2) is 35.3 Å². The minimum atomic E-state index is -0.272. The van der Waals surface area contributed by atoms with Crippen LogP contribution in [0.1, 0.15) is 37.0 Å². The molecule has 0 fully saturated rings. The van der Waals surface area contributed by atoms with E-state index < -0.39 is 0 Å². The summed E-state index contributed by atoms with van der Waals surface area (Å²) in [5.74, 6) is -0.253. The lowest BCUT2D eigenvalue weighted by molar-refractivity contribution is -0.119. The monoisotopic (exact) mass is 294 g/mol. The van der Waals surface area contributed by atoms with Crippen molar-refractivity contribution in [2.75, 3.05) is 13.1 Å². The number of fused-ring (bicyclic) bond motifs is 1. The lowest BCUT2D eigenvalue weighted by Gasteiger charge is -2.32. The van der Waals surface area contributed by atoms with Crippen LogP contribution >= 0.6 is 0 Å². The van der Waals surface area contributed by atoms with Crippen LogP contribution in [0.15, 0.2) is 12.1 Å². The third-order valence-corrected chi connectivity index (χ3v) is 3.72. The van der Waals surface area contributed by atoms with Crippen molar-refractivity contribution in [3.8, 4) is 11.5 Å². The minimum Gasteiger partial charge on any atom is -0.504 e. The number of phenols is 2. The highest BCUT2D eigenvalue weighted by Crippen LogP contribution is 2.40. The molecule has 1 amide bonds. The summed E-state index contributed by atoms with van der Waals surface area (Å²) >= 11 is 0. The number of hydrogen-bond donors (Lipinski definition) is 4. The number of hydrogen-bond acceptors (Lipinski definition) is 5. The summed E-state index contributed by atoms with van der Waals surface area (Å²) in [6, 6.07) is 3.20. The molecule has 0 saturated carbocycles. The van der Waals surface area contributed by atoms with Gasteiger partial charge in [0.05, 0.1) is 12.2 Å². The Morgan fingerprint density at radius 3 is 2.90 bits per heavy atom. The molecule has 0 aliphatic carbocycles. The molecule has 6 heteroatoms. The first-order valence-electron chi connectivity index (χ1n) is 7.16. The van der Waals surface area contributed by atoms with Crippen LogP contribution in [0.5, 0.6) is 11.5 Å². The molecule has 116 valence electrons. The van der Waals surface area contributed by atoms with Gasteiger partial charge in [-0.2, -0.15) is 0 Å². The van der Waals surface area contributed by atoms with Gasteiger partial charge < -0.3 is 26.0 Å². The summed E-state index contributed by atoms with van der Waals surface area (Å²) in [4.78, 5) is 10.8. The highest BCUT2D eigenvalue weighted by molar-refractivity contribution is 5.72. The number of amides is 1. The first kappa shape index (κ1) is 15.6. The minimum absolute atomic E-state index is 0.0488. The Morgan fingerprint density at radius 2 is 2.24 bits per heavy atom. The van der Waals surface area contributed by atoms with Gasteiger partial charge in [0, 0.05) is 32.0 Å². The molecule has 21 heavy (non-hydrogen) atoms. The Hall–Kier alpha value is -1.79. The second-order valence-electron chi connectivity index (χ2n) is 5.31. The Balaban J connectivity index is 2.04. The Bertz CT molecular complexity index is 519. The van der Waals surface area contributed by atoms with Crippen molar-refractivity contribution in [1.82, 2.24) is 5.32 Å². The van der Waals surface area contributed by atoms with E-state index in [1.807, 2.05) is 0 Å². The Kier molecular flexibility index (Phi) is 5.03. The molecule has 1 aromatic rings. The van der Waals surface area contributed by atoms with Crippen LogP contribution in [0.4, 0.5) is 0 Å². The lowest BCUT2D eigenvalue weighted by atomic mass is 9.91. The van der Waals surface area contributed by atoms with Crippen molar-refractivity contribution < 1.29 is 19.7 Å². The van der Waals surface area contributed by atoms with Gasteiger partial charge in [0.15, 0.2) is 11.5 Å². The molecule has 1 aliphatic rings. The van der Waals surface area contributed by atoms with Gasteiger partial charge >= 0.3 is 0 Å². The zero-order valence-electron chi connectivity index (χ0n) is 12.1. The molecular weight excluding hydrogens is 272 g/mol. The van der Waals surface area contributed by atoms with Gasteiger partial charge in [-0.25, -0.2) is 0 Å². The molecular formula is C15H22N2O4. The summed E-state index contributed by atoms with van der Waals surface area (Å²) in [5.41, 5.74) is 7.29. The van der Waals surface area contributed by atoms with Crippen molar-refractivity contribution in [3.05, 3.63) is 23.3 Å². The zero-order valence-corrected chi connectivity index (χ0v) is 12.1. The molecule has 2 unspecified atom stereocenters. The molecule has 0 aromatic heterocycles. The molecule has 5 N–H and O–H groups in total. The first-order chi connectivity index (χ1) is 10.0. The van der Waals surface area contributed by atoms with Crippen LogP contribution in [-0.2, 0) is 16.0 Å². The molecule has 0 bridgehead atoms. The number of carbonyl (C=O) groups is 1. The first-order valence-corrected chi connectivity index (χ1v) is 7.16. The maximum absolute atomic E-state index is 10.8. The number of nitrogens with two attached hydrogens (primary N) is 1. The van der Waals surface area contributed by atoms with E-state index in [9.17, 15) is 15.0 Å². The SMILES string of the molecule is CC(=O)NCCCC1Cc2c(ccc(O)c2O)C(CN)O1. The van der Waals surface area contributed by atoms with Crippen LogP contribution in [0.25, 0.3) is 0 Å². The van der Waals surface area contributed by atoms with Gasteiger partial charge in [-0.3, -0.25) is 4.79 Å². The quantitative estimate of drug-likeness (QED) is 0.478. The van der Waals surface area contributed by atoms with Crippen LogP contribution in [0.2, 0.25) is 0 Å². The average Bonchev–Trinajstić information content (AvgIpc) is 2.46. The van der Waals surface area contributed by atoms with E-state index in [1.165, 1.54) is 13.0 Å². The smallest absolute Gasteiger partial charge is 0.216 e. The Labute approximate surface area is 123 Å². The number of phenolic OH excluding ortho intramolecular Hbond substituents is 2. The molecule has 0 radical (unpaired) electrons. The van der Waals surface area contributed by atoms with Crippen LogP contribution in [0.3, 0.4) is 0 Å². The van der Waals surface area contributed by atoms with Crippen molar-refractivity contribution in [2.45, 2.75) is 38.4 Å². The van der Waals surface area contributed by atoms with Crippen LogP contribution in [0, 0.1) is 0 Å². The third kappa shape index (κ3) is 3.65. The predicted octanol–water partition coefficient (Wildman–Crippen LogP) is 0.955. The number of aromatic hydroxyl groups is 2. The van der Waals surface area contributed by atoms with Crippen LogP contribution < -0.4 is 11.1 Å². The molecule has 1 aliphatic heterocycles. The second kappa shape index (κ2) is 6.78. The van der Waals surface area contributed by atoms with E-state index in [0.717, 1.165) is 18.4 Å². The van der Waals surface area contributed by atoms with E-state index in [-0.39, 0.29) is 29.6 Å². The van der Waals surface area contributed by atoms with Crippen molar-refractivity contribution in [2.24, 2.45) is 5.73 Å². The number of carbonyl (C=O) groups excluding carboxylic acids is 1. The van der Waals surface area contributed by atoms with E-state index in [0.29, 0.717) is 25.1 Å². The van der Waals surface area contributed by atoms with E-state index in [4.69, 9.17) is 10.5 Å². The standard InChI is InChI=1S/C15H22N2O4/c1-9(18)17-6-2-3-10-7-12-11(14(8-16)21-10)4-5-13(19)15(12)20/h4-5,10,14,19-20H,2-3,6-8,16H2,1H3,(H,17,18). The fraction of sp³-hybridized carbons (Fsp3) is 0.533. The van der Waals surface area contributed by atoms with E-state index in [2.05, 4.69) is 5.32 Å². The third-order valence-electron chi connectivity index (χ3n) is 3.72. The topological polar surface area (TPSA) is 105 Å². The molecule has 1 aromatic carbocycles. The van der Waals surface area contributed by atoms with Gasteiger partial charge in [0.25, 0.3) is 0 Å². The molecule has 6 nitrogen and oxygen atoms in total. The summed E-state index contributed by atoms with van der Waals surface area (Å²) in [5, 5.41) is 22.4. The predicted molar refractivity (Wildman–Crippen MR) is 78.1 cm³/mol. The number of rotatable bonds is 5. The van der Waals surface area contributed by atoms with Gasteiger partial charge in [-0.05, 0) is 24.5 Å². The maximum atomic E-state index is 10.8. The summed E-state index contributed by atoms with van der Waals surface area (Å²) in [7, 11) is 0. The highest BCUT2D eigenvalue weighted by Gasteiger charge is 2.29. The largest absolute Gasteiger partial charge is 0.504 e. The molecule has 1 heterocycles. The zero-order chi connectivity index (χ0) is 15.4. The molecule has 0 saturated heterocycles. The normalized spacial score (nSPS) is 20.9. The second-order valence-corrected chi connectivity index (χ2v) is 5.31. The van der Waals surface area contributed by atoms with Crippen molar-refractivity contribution in [1.29, 1.82) is 0 Å². The van der Waals surface area contributed by atoms with Crippen molar-refractivity contribution in [3.63, 3.8) is 0 Å². The van der Waals surface area contributed by atoms with E-state index in [1.54, 1.807) is 6.07 Å².